The Bertz CT molecular complexity index is 797. The van der Waals surface area contributed by atoms with E-state index in [1.807, 2.05) is 0 Å². The summed E-state index contributed by atoms with van der Waals surface area (Å²) < 4.78 is 52.4. The topological polar surface area (TPSA) is 50.3 Å². The molecule has 0 aliphatic rings. The van der Waals surface area contributed by atoms with E-state index in [4.69, 9.17) is 11.6 Å². The molecule has 8 heteroatoms. The van der Waals surface area contributed by atoms with Crippen molar-refractivity contribution in [1.29, 1.82) is 0 Å². The Kier molecular flexibility index (Phi) is 4.15. The van der Waals surface area contributed by atoms with Gasteiger partial charge in [-0.15, -0.1) is 0 Å². The van der Waals surface area contributed by atoms with Crippen molar-refractivity contribution >= 4 is 27.3 Å². The van der Waals surface area contributed by atoms with Gasteiger partial charge in [0.25, 0.3) is 10.0 Å². The van der Waals surface area contributed by atoms with Gasteiger partial charge in [-0.05, 0) is 30.7 Å². The number of aryl methyl sites for hydroxylation is 1. The van der Waals surface area contributed by atoms with E-state index in [9.17, 15) is 17.2 Å². The number of aromatic nitrogens is 1. The van der Waals surface area contributed by atoms with Gasteiger partial charge in [0.15, 0.2) is 0 Å². The van der Waals surface area contributed by atoms with Crippen LogP contribution in [0.5, 0.6) is 0 Å². The normalized spacial score (nSPS) is 11.5. The van der Waals surface area contributed by atoms with E-state index in [2.05, 4.69) is 4.98 Å². The maximum Gasteiger partial charge on any atom is 0.265 e. The molecule has 0 unspecified atom stereocenters. The van der Waals surface area contributed by atoms with Crippen molar-refractivity contribution < 1.29 is 17.2 Å². The zero-order valence-corrected chi connectivity index (χ0v) is 12.7. The van der Waals surface area contributed by atoms with Crippen LogP contribution in [0.4, 0.5) is 14.5 Å². The molecule has 0 fully saturated rings. The first kappa shape index (κ1) is 15.7. The molecule has 2 aromatic rings. The van der Waals surface area contributed by atoms with Gasteiger partial charge in [0.05, 0.1) is 5.69 Å². The minimum absolute atomic E-state index is 0.157. The fraction of sp³-hybridized carbons (Fsp3) is 0.154. The van der Waals surface area contributed by atoms with Crippen LogP contribution in [0.25, 0.3) is 0 Å². The second kappa shape index (κ2) is 5.57. The molecular weight excluding hydrogens is 322 g/mol. The summed E-state index contributed by atoms with van der Waals surface area (Å²) in [6.07, 6.45) is 1.07. The molecule has 1 aromatic carbocycles. The number of halogens is 3. The minimum atomic E-state index is -4.07. The van der Waals surface area contributed by atoms with Crippen LogP contribution < -0.4 is 4.31 Å². The fourth-order valence-electron chi connectivity index (χ4n) is 1.69. The van der Waals surface area contributed by atoms with Crippen molar-refractivity contribution in [3.8, 4) is 0 Å². The third-order valence-corrected chi connectivity index (χ3v) is 5.03. The van der Waals surface area contributed by atoms with Gasteiger partial charge >= 0.3 is 0 Å². The summed E-state index contributed by atoms with van der Waals surface area (Å²) in [6, 6.07) is 3.90. The van der Waals surface area contributed by atoms with Gasteiger partial charge in [-0.1, -0.05) is 11.6 Å². The van der Waals surface area contributed by atoms with Gasteiger partial charge in [0, 0.05) is 19.3 Å². The van der Waals surface area contributed by atoms with E-state index in [0.717, 1.165) is 31.4 Å². The fourth-order valence-corrected chi connectivity index (χ4v) is 3.02. The lowest BCUT2D eigenvalue weighted by Gasteiger charge is -2.20. The molecule has 0 saturated heterocycles. The Morgan fingerprint density at radius 2 is 1.90 bits per heavy atom. The summed E-state index contributed by atoms with van der Waals surface area (Å²) in [5, 5.41) is 0.175. The van der Waals surface area contributed by atoms with Crippen LogP contribution in [0.2, 0.25) is 5.15 Å². The van der Waals surface area contributed by atoms with E-state index in [1.54, 1.807) is 6.92 Å². The molecule has 1 aromatic heterocycles. The lowest BCUT2D eigenvalue weighted by atomic mass is 10.3. The smallest absolute Gasteiger partial charge is 0.265 e. The molecule has 0 aliphatic heterocycles. The Morgan fingerprint density at radius 3 is 2.52 bits per heavy atom. The average Bonchev–Trinajstić information content (AvgIpc) is 2.43. The standard InChI is InChI=1S/C13H11ClF2N2O2S/c1-8-5-10(7-17-13(8)14)21(19,20)18(2)12-6-9(15)3-4-11(12)16/h3-7H,1-2H3. The van der Waals surface area contributed by atoms with Crippen LogP contribution >= 0.6 is 11.6 Å². The van der Waals surface area contributed by atoms with Crippen molar-refractivity contribution in [2.24, 2.45) is 0 Å². The summed E-state index contributed by atoms with van der Waals surface area (Å²) >= 11 is 5.74. The number of hydrogen-bond donors (Lipinski definition) is 0. The summed E-state index contributed by atoms with van der Waals surface area (Å²) in [5.74, 6) is -1.58. The summed E-state index contributed by atoms with van der Waals surface area (Å²) in [6.45, 7) is 1.59. The van der Waals surface area contributed by atoms with Crippen LogP contribution in [0.15, 0.2) is 35.4 Å². The first-order chi connectivity index (χ1) is 9.73. The highest BCUT2D eigenvalue weighted by Gasteiger charge is 2.25. The monoisotopic (exact) mass is 332 g/mol. The first-order valence-corrected chi connectivity index (χ1v) is 7.61. The number of pyridine rings is 1. The number of benzene rings is 1. The highest BCUT2D eigenvalue weighted by Crippen LogP contribution is 2.26. The number of hydrogen-bond acceptors (Lipinski definition) is 3. The van der Waals surface area contributed by atoms with E-state index in [-0.39, 0.29) is 15.7 Å². The second-order valence-corrected chi connectivity index (χ2v) is 6.67. The number of sulfonamides is 1. The van der Waals surface area contributed by atoms with Crippen molar-refractivity contribution in [3.63, 3.8) is 0 Å². The van der Waals surface area contributed by atoms with Crippen LogP contribution in [0, 0.1) is 18.6 Å². The average molecular weight is 333 g/mol. The Morgan fingerprint density at radius 1 is 1.24 bits per heavy atom. The maximum absolute atomic E-state index is 13.7. The Balaban J connectivity index is 2.52. The number of rotatable bonds is 3. The van der Waals surface area contributed by atoms with E-state index < -0.39 is 21.7 Å². The minimum Gasteiger partial charge on any atom is -0.266 e. The third-order valence-electron chi connectivity index (χ3n) is 2.90. The van der Waals surface area contributed by atoms with Gasteiger partial charge in [-0.25, -0.2) is 22.2 Å². The van der Waals surface area contributed by atoms with E-state index in [1.165, 1.54) is 6.07 Å². The summed E-state index contributed by atoms with van der Waals surface area (Å²) in [7, 11) is -2.93. The molecule has 1 heterocycles. The summed E-state index contributed by atoms with van der Waals surface area (Å²) in [5.41, 5.74) is 0.0773. The Hall–Kier alpha value is -1.73. The molecule has 0 saturated carbocycles. The highest BCUT2D eigenvalue weighted by atomic mass is 35.5. The summed E-state index contributed by atoms with van der Waals surface area (Å²) in [4.78, 5) is 3.60. The quantitative estimate of drug-likeness (QED) is 0.811. The van der Waals surface area contributed by atoms with Crippen molar-refractivity contribution in [3.05, 3.63) is 52.8 Å². The van der Waals surface area contributed by atoms with Crippen molar-refractivity contribution in [1.82, 2.24) is 4.98 Å². The lowest BCUT2D eigenvalue weighted by Crippen LogP contribution is -2.27. The third kappa shape index (κ3) is 2.98. The predicted molar refractivity (Wildman–Crippen MR) is 75.9 cm³/mol. The Labute approximate surface area is 126 Å². The lowest BCUT2D eigenvalue weighted by molar-refractivity contribution is 0.585. The maximum atomic E-state index is 13.7. The molecule has 0 radical (unpaired) electrons. The zero-order valence-electron chi connectivity index (χ0n) is 11.1. The van der Waals surface area contributed by atoms with Crippen LogP contribution in [0.3, 0.4) is 0 Å². The number of nitrogens with zero attached hydrogens (tertiary/aromatic N) is 2. The molecular formula is C13H11ClF2N2O2S. The molecule has 0 aliphatic carbocycles. The molecule has 0 N–H and O–H groups in total. The van der Waals surface area contributed by atoms with E-state index in [0.29, 0.717) is 9.87 Å². The molecule has 2 rings (SSSR count). The molecule has 4 nitrogen and oxygen atoms in total. The molecule has 0 spiro atoms. The molecule has 0 atom stereocenters. The largest absolute Gasteiger partial charge is 0.266 e. The van der Waals surface area contributed by atoms with E-state index >= 15 is 0 Å². The van der Waals surface area contributed by atoms with Gasteiger partial charge < -0.3 is 0 Å². The van der Waals surface area contributed by atoms with Gasteiger partial charge in [0.2, 0.25) is 0 Å². The van der Waals surface area contributed by atoms with Gasteiger partial charge in [0.1, 0.15) is 21.7 Å². The first-order valence-electron chi connectivity index (χ1n) is 5.79. The van der Waals surface area contributed by atoms with Gasteiger partial charge in [-0.3, -0.25) is 4.31 Å². The van der Waals surface area contributed by atoms with Crippen molar-refractivity contribution in [2.75, 3.05) is 11.4 Å². The highest BCUT2D eigenvalue weighted by molar-refractivity contribution is 7.92. The van der Waals surface area contributed by atoms with Crippen molar-refractivity contribution in [2.45, 2.75) is 11.8 Å². The molecule has 0 bridgehead atoms. The molecule has 21 heavy (non-hydrogen) atoms. The number of anilines is 1. The molecule has 112 valence electrons. The molecule has 0 amide bonds. The zero-order chi connectivity index (χ0) is 15.8. The van der Waals surface area contributed by atoms with Crippen LogP contribution in [-0.2, 0) is 10.0 Å². The second-order valence-electron chi connectivity index (χ2n) is 4.35. The van der Waals surface area contributed by atoms with Gasteiger partial charge in [-0.2, -0.15) is 0 Å². The van der Waals surface area contributed by atoms with Crippen LogP contribution in [0.1, 0.15) is 5.56 Å². The predicted octanol–water partition coefficient (Wildman–Crippen LogP) is 3.15. The van der Waals surface area contributed by atoms with Crippen LogP contribution in [-0.4, -0.2) is 20.4 Å². The SMILES string of the molecule is Cc1cc(S(=O)(=O)N(C)c2cc(F)ccc2F)cnc1Cl.